The standard InChI is InChI=1S/C21H13F3N2O2/c22-15-8-9-17(19(24)18(15)23)28-11-12-4-3-5-13(10-12)20-25-16-7-2-1-6-14(16)21(27)26-20/h1-10H,11H2,(H,25,26,27). The minimum Gasteiger partial charge on any atom is -0.486 e. The Hall–Kier alpha value is -3.61. The van der Waals surface area contributed by atoms with Crippen LogP contribution in [0.4, 0.5) is 13.2 Å². The number of nitrogens with one attached hydrogen (secondary N) is 1. The number of rotatable bonds is 4. The van der Waals surface area contributed by atoms with Gasteiger partial charge in [-0.15, -0.1) is 0 Å². The summed E-state index contributed by atoms with van der Waals surface area (Å²) in [4.78, 5) is 19.4. The summed E-state index contributed by atoms with van der Waals surface area (Å²) in [5, 5.41) is 0.486. The van der Waals surface area contributed by atoms with Gasteiger partial charge in [0.2, 0.25) is 5.82 Å². The smallest absolute Gasteiger partial charge is 0.259 e. The SMILES string of the molecule is O=c1[nH]c(-c2cccc(COc3ccc(F)c(F)c3F)c2)nc2ccccc12. The van der Waals surface area contributed by atoms with Crippen LogP contribution in [0.15, 0.2) is 65.5 Å². The van der Waals surface area contributed by atoms with Crippen LogP contribution in [0.2, 0.25) is 0 Å². The van der Waals surface area contributed by atoms with Gasteiger partial charge in [-0.2, -0.15) is 4.39 Å². The number of halogens is 3. The van der Waals surface area contributed by atoms with E-state index in [9.17, 15) is 18.0 Å². The molecule has 0 saturated heterocycles. The van der Waals surface area contributed by atoms with Crippen LogP contribution in [0.5, 0.6) is 5.75 Å². The van der Waals surface area contributed by atoms with Gasteiger partial charge in [0.15, 0.2) is 17.4 Å². The number of aromatic amines is 1. The van der Waals surface area contributed by atoms with Crippen LogP contribution in [0.1, 0.15) is 5.56 Å². The van der Waals surface area contributed by atoms with Crippen molar-refractivity contribution in [2.24, 2.45) is 0 Å². The fourth-order valence-electron chi connectivity index (χ4n) is 2.81. The van der Waals surface area contributed by atoms with E-state index < -0.39 is 17.5 Å². The van der Waals surface area contributed by atoms with Gasteiger partial charge in [0.05, 0.1) is 10.9 Å². The quantitative estimate of drug-likeness (QED) is 0.526. The van der Waals surface area contributed by atoms with Crippen molar-refractivity contribution in [1.82, 2.24) is 9.97 Å². The van der Waals surface area contributed by atoms with Gasteiger partial charge in [-0.1, -0.05) is 30.3 Å². The Bertz CT molecular complexity index is 1240. The molecule has 0 radical (unpaired) electrons. The van der Waals surface area contributed by atoms with Crippen molar-refractivity contribution in [2.45, 2.75) is 6.61 Å². The summed E-state index contributed by atoms with van der Waals surface area (Å²) in [6.45, 7) is -0.0757. The van der Waals surface area contributed by atoms with Crippen molar-refractivity contribution in [2.75, 3.05) is 0 Å². The van der Waals surface area contributed by atoms with E-state index in [-0.39, 0.29) is 17.9 Å². The molecule has 140 valence electrons. The largest absolute Gasteiger partial charge is 0.486 e. The molecule has 0 aliphatic rings. The lowest BCUT2D eigenvalue weighted by molar-refractivity contribution is 0.281. The average Bonchev–Trinajstić information content (AvgIpc) is 2.72. The molecule has 0 fully saturated rings. The van der Waals surface area contributed by atoms with Crippen molar-refractivity contribution in [3.05, 3.63) is 94.0 Å². The molecule has 0 saturated carbocycles. The van der Waals surface area contributed by atoms with Gasteiger partial charge in [0, 0.05) is 5.56 Å². The normalized spacial score (nSPS) is 11.0. The second-order valence-electron chi connectivity index (χ2n) is 6.09. The monoisotopic (exact) mass is 382 g/mol. The predicted octanol–water partition coefficient (Wildman–Crippen LogP) is 4.59. The molecule has 1 heterocycles. The average molecular weight is 382 g/mol. The van der Waals surface area contributed by atoms with Crippen LogP contribution in [0, 0.1) is 17.5 Å². The summed E-state index contributed by atoms with van der Waals surface area (Å²) in [6.07, 6.45) is 0. The molecule has 4 aromatic rings. The number of hydrogen-bond acceptors (Lipinski definition) is 3. The topological polar surface area (TPSA) is 55.0 Å². The lowest BCUT2D eigenvalue weighted by Gasteiger charge is -2.09. The third kappa shape index (κ3) is 3.34. The van der Waals surface area contributed by atoms with E-state index in [4.69, 9.17) is 4.74 Å². The maximum Gasteiger partial charge on any atom is 0.259 e. The molecule has 3 aromatic carbocycles. The lowest BCUT2D eigenvalue weighted by atomic mass is 10.1. The van der Waals surface area contributed by atoms with Gasteiger partial charge in [-0.25, -0.2) is 13.8 Å². The first-order valence-electron chi connectivity index (χ1n) is 8.37. The minimum atomic E-state index is -1.58. The molecule has 0 bridgehead atoms. The minimum absolute atomic E-state index is 0.0757. The molecule has 0 aliphatic carbocycles. The Morgan fingerprint density at radius 3 is 2.61 bits per heavy atom. The van der Waals surface area contributed by atoms with Gasteiger partial charge in [0.25, 0.3) is 5.56 Å². The number of hydrogen-bond donors (Lipinski definition) is 1. The van der Waals surface area contributed by atoms with E-state index in [1.54, 1.807) is 48.5 Å². The highest BCUT2D eigenvalue weighted by Gasteiger charge is 2.14. The molecule has 28 heavy (non-hydrogen) atoms. The van der Waals surface area contributed by atoms with Gasteiger partial charge >= 0.3 is 0 Å². The van der Waals surface area contributed by atoms with E-state index in [2.05, 4.69) is 9.97 Å². The van der Waals surface area contributed by atoms with Crippen LogP contribution in [0.3, 0.4) is 0 Å². The number of fused-ring (bicyclic) bond motifs is 1. The van der Waals surface area contributed by atoms with Crippen LogP contribution >= 0.6 is 0 Å². The van der Waals surface area contributed by atoms with Crippen LogP contribution in [0.25, 0.3) is 22.3 Å². The van der Waals surface area contributed by atoms with Crippen LogP contribution < -0.4 is 10.3 Å². The number of benzene rings is 3. The number of nitrogens with zero attached hydrogens (tertiary/aromatic N) is 1. The molecule has 0 amide bonds. The first-order valence-corrected chi connectivity index (χ1v) is 8.37. The predicted molar refractivity (Wildman–Crippen MR) is 98.4 cm³/mol. The summed E-state index contributed by atoms with van der Waals surface area (Å²) >= 11 is 0. The Morgan fingerprint density at radius 1 is 0.929 bits per heavy atom. The zero-order valence-corrected chi connectivity index (χ0v) is 14.4. The van der Waals surface area contributed by atoms with E-state index in [0.29, 0.717) is 27.9 Å². The number of aromatic nitrogens is 2. The van der Waals surface area contributed by atoms with Gasteiger partial charge < -0.3 is 9.72 Å². The first-order chi connectivity index (χ1) is 13.5. The summed E-state index contributed by atoms with van der Waals surface area (Å²) < 4.78 is 45.3. The van der Waals surface area contributed by atoms with E-state index in [1.807, 2.05) is 0 Å². The third-order valence-corrected chi connectivity index (χ3v) is 4.21. The number of H-pyrrole nitrogens is 1. The van der Waals surface area contributed by atoms with Gasteiger partial charge in [-0.05, 0) is 35.9 Å². The second-order valence-corrected chi connectivity index (χ2v) is 6.09. The summed E-state index contributed by atoms with van der Waals surface area (Å²) in [6, 6.07) is 15.7. The van der Waals surface area contributed by atoms with E-state index in [0.717, 1.165) is 12.1 Å². The van der Waals surface area contributed by atoms with E-state index in [1.165, 1.54) is 0 Å². The molecular weight excluding hydrogens is 369 g/mol. The van der Waals surface area contributed by atoms with Crippen LogP contribution in [-0.2, 0) is 6.61 Å². The van der Waals surface area contributed by atoms with Crippen molar-refractivity contribution in [1.29, 1.82) is 0 Å². The summed E-state index contributed by atoms with van der Waals surface area (Å²) in [5.74, 6) is -4.25. The molecule has 0 aliphatic heterocycles. The first kappa shape index (κ1) is 17.8. The Labute approximate surface area is 157 Å². The van der Waals surface area contributed by atoms with Crippen LogP contribution in [-0.4, -0.2) is 9.97 Å². The maximum atomic E-state index is 13.7. The molecule has 0 atom stereocenters. The molecule has 4 nitrogen and oxygen atoms in total. The zero-order valence-electron chi connectivity index (χ0n) is 14.4. The molecule has 1 aromatic heterocycles. The van der Waals surface area contributed by atoms with Crippen molar-refractivity contribution in [3.8, 4) is 17.1 Å². The lowest BCUT2D eigenvalue weighted by Crippen LogP contribution is -2.09. The Kier molecular flexibility index (Phi) is 4.57. The van der Waals surface area contributed by atoms with Crippen molar-refractivity contribution >= 4 is 10.9 Å². The van der Waals surface area contributed by atoms with E-state index >= 15 is 0 Å². The molecule has 7 heteroatoms. The Morgan fingerprint density at radius 2 is 1.75 bits per heavy atom. The highest BCUT2D eigenvalue weighted by Crippen LogP contribution is 2.24. The van der Waals surface area contributed by atoms with Crippen molar-refractivity contribution < 1.29 is 17.9 Å². The highest BCUT2D eigenvalue weighted by molar-refractivity contribution is 5.79. The maximum absolute atomic E-state index is 13.7. The molecule has 0 spiro atoms. The molecule has 1 N–H and O–H groups in total. The summed E-state index contributed by atoms with van der Waals surface area (Å²) in [5.41, 5.74) is 1.57. The summed E-state index contributed by atoms with van der Waals surface area (Å²) in [7, 11) is 0. The second kappa shape index (κ2) is 7.19. The molecular formula is C21H13F3N2O2. The third-order valence-electron chi connectivity index (χ3n) is 4.21. The number of para-hydroxylation sites is 1. The zero-order chi connectivity index (χ0) is 19.7. The van der Waals surface area contributed by atoms with Crippen molar-refractivity contribution in [3.63, 3.8) is 0 Å². The Balaban J connectivity index is 1.62. The highest BCUT2D eigenvalue weighted by atomic mass is 19.2. The fourth-order valence-corrected chi connectivity index (χ4v) is 2.81. The fraction of sp³-hybridized carbons (Fsp3) is 0.0476. The van der Waals surface area contributed by atoms with Gasteiger partial charge in [0.1, 0.15) is 12.4 Å². The number of ether oxygens (including phenoxy) is 1. The molecule has 0 unspecified atom stereocenters. The molecule has 4 rings (SSSR count). The van der Waals surface area contributed by atoms with Gasteiger partial charge in [-0.3, -0.25) is 4.79 Å².